The molecule has 152 valence electrons. The van der Waals surface area contributed by atoms with Crippen molar-refractivity contribution in [1.82, 2.24) is 4.90 Å². The van der Waals surface area contributed by atoms with Gasteiger partial charge in [0.25, 0.3) is 0 Å². The lowest BCUT2D eigenvalue weighted by atomic mass is 9.48. The van der Waals surface area contributed by atoms with Gasteiger partial charge in [-0.15, -0.1) is 0 Å². The van der Waals surface area contributed by atoms with Crippen molar-refractivity contribution < 1.29 is 4.79 Å². The van der Waals surface area contributed by atoms with E-state index >= 15 is 0 Å². The number of rotatable bonds is 3. The molecule has 0 aliphatic heterocycles. The summed E-state index contributed by atoms with van der Waals surface area (Å²) in [6.45, 7) is 14.3. The van der Waals surface area contributed by atoms with Crippen LogP contribution >= 0.6 is 0 Å². The van der Waals surface area contributed by atoms with Gasteiger partial charge in [0.05, 0.1) is 0 Å². The Bertz CT molecular complexity index is 626. The van der Waals surface area contributed by atoms with Gasteiger partial charge in [0, 0.05) is 30.0 Å². The fourth-order valence-corrected chi connectivity index (χ4v) is 8.11. The second-order valence-corrected chi connectivity index (χ2v) is 11.2. The maximum Gasteiger partial charge on any atom is 0.139 e. The first-order chi connectivity index (χ1) is 12.7. The van der Waals surface area contributed by atoms with Gasteiger partial charge in [-0.1, -0.05) is 25.5 Å². The maximum absolute atomic E-state index is 12.6. The highest BCUT2D eigenvalue weighted by molar-refractivity contribution is 5.87. The number of hydrogen-bond donors (Lipinski definition) is 0. The number of carbonyl (C=O) groups is 1. The first kappa shape index (κ1) is 19.7. The van der Waals surface area contributed by atoms with E-state index in [2.05, 4.69) is 52.5 Å². The van der Waals surface area contributed by atoms with Gasteiger partial charge in [-0.2, -0.15) is 0 Å². The molecule has 0 aromatic rings. The van der Waals surface area contributed by atoms with E-state index in [-0.39, 0.29) is 5.41 Å². The molecule has 3 fully saturated rings. The fraction of sp³-hybridized carbons (Fsp3) is 0.880. The first-order valence-corrected chi connectivity index (χ1v) is 11.7. The summed E-state index contributed by atoms with van der Waals surface area (Å²) in [7, 11) is 0. The maximum atomic E-state index is 12.6. The molecule has 0 heterocycles. The van der Waals surface area contributed by atoms with Crippen LogP contribution in [-0.2, 0) is 4.79 Å². The number of allylic oxidation sites excluding steroid dienone is 1. The summed E-state index contributed by atoms with van der Waals surface area (Å²) >= 11 is 0. The van der Waals surface area contributed by atoms with E-state index in [0.717, 1.165) is 31.1 Å². The zero-order chi connectivity index (χ0) is 19.6. The van der Waals surface area contributed by atoms with E-state index in [1.54, 1.807) is 5.57 Å². The Morgan fingerprint density at radius 3 is 2.26 bits per heavy atom. The van der Waals surface area contributed by atoms with Crippen LogP contribution in [0.2, 0.25) is 0 Å². The molecule has 0 amide bonds. The van der Waals surface area contributed by atoms with Crippen molar-refractivity contribution in [3.05, 3.63) is 11.6 Å². The zero-order valence-electron chi connectivity index (χ0n) is 18.6. The van der Waals surface area contributed by atoms with Crippen molar-refractivity contribution in [2.75, 3.05) is 0 Å². The van der Waals surface area contributed by atoms with Gasteiger partial charge in [-0.05, 0) is 95.8 Å². The monoisotopic (exact) mass is 371 g/mol. The van der Waals surface area contributed by atoms with E-state index in [4.69, 9.17) is 0 Å². The lowest BCUT2D eigenvalue weighted by Crippen LogP contribution is -2.53. The van der Waals surface area contributed by atoms with Gasteiger partial charge in [0.2, 0.25) is 0 Å². The molecule has 6 atom stereocenters. The Kier molecular flexibility index (Phi) is 4.89. The zero-order valence-corrected chi connectivity index (χ0v) is 18.6. The largest absolute Gasteiger partial charge is 0.299 e. The SMILES string of the molecule is CC(C)N(C(C)C)[C@H]1CC[C@@]2(C)C(=CC[C@@H]3[C@@H]2CC[C@]2(C)C(=O)CC[C@@H]32)C1. The third-order valence-electron chi connectivity index (χ3n) is 9.40. The topological polar surface area (TPSA) is 20.3 Å². The molecule has 3 saturated carbocycles. The highest BCUT2D eigenvalue weighted by atomic mass is 16.1. The van der Waals surface area contributed by atoms with Crippen LogP contribution in [0.5, 0.6) is 0 Å². The second-order valence-electron chi connectivity index (χ2n) is 11.2. The van der Waals surface area contributed by atoms with Crippen molar-refractivity contribution in [3.63, 3.8) is 0 Å². The molecule has 2 heteroatoms. The minimum absolute atomic E-state index is 0.00611. The Morgan fingerprint density at radius 2 is 1.59 bits per heavy atom. The number of carbonyl (C=O) groups excluding carboxylic acids is 1. The van der Waals surface area contributed by atoms with E-state index < -0.39 is 0 Å². The van der Waals surface area contributed by atoms with Crippen molar-refractivity contribution in [1.29, 1.82) is 0 Å². The molecule has 4 rings (SSSR count). The lowest BCUT2D eigenvalue weighted by Gasteiger charge is -2.58. The van der Waals surface area contributed by atoms with Crippen LogP contribution in [-0.4, -0.2) is 28.8 Å². The van der Waals surface area contributed by atoms with Gasteiger partial charge in [0.15, 0.2) is 0 Å². The molecule has 4 aliphatic carbocycles. The predicted octanol–water partition coefficient (Wildman–Crippen LogP) is 6.01. The minimum atomic E-state index is 0.00611. The molecule has 0 radical (unpaired) electrons. The van der Waals surface area contributed by atoms with Crippen LogP contribution in [0, 0.1) is 28.6 Å². The molecule has 0 saturated heterocycles. The summed E-state index contributed by atoms with van der Waals surface area (Å²) in [6.07, 6.45) is 12.3. The van der Waals surface area contributed by atoms with Gasteiger partial charge >= 0.3 is 0 Å². The standard InChI is InChI=1S/C25H41NO/c1-16(2)26(17(3)4)19-11-13-24(5)18(15-19)7-8-20-21-9-10-23(27)25(21,6)14-12-22(20)24/h7,16-17,19-22H,8-15H2,1-6H3/t19-,20-,21-,22-,24-,25-/m0/s1. The molecule has 27 heavy (non-hydrogen) atoms. The summed E-state index contributed by atoms with van der Waals surface area (Å²) in [4.78, 5) is 15.3. The molecular formula is C25H41NO. The second kappa shape index (κ2) is 6.71. The number of Topliss-reactive ketones (excluding diaryl/α,β-unsaturated/α-hetero) is 1. The smallest absolute Gasteiger partial charge is 0.139 e. The van der Waals surface area contributed by atoms with Gasteiger partial charge in [-0.3, -0.25) is 9.69 Å². The molecular weight excluding hydrogens is 330 g/mol. The predicted molar refractivity (Wildman–Crippen MR) is 113 cm³/mol. The number of ketones is 1. The Labute approximate surface area is 167 Å². The highest BCUT2D eigenvalue weighted by Gasteiger charge is 2.58. The molecule has 2 nitrogen and oxygen atoms in total. The van der Waals surface area contributed by atoms with Crippen LogP contribution in [0.3, 0.4) is 0 Å². The first-order valence-electron chi connectivity index (χ1n) is 11.7. The quantitative estimate of drug-likeness (QED) is 0.567. The molecule has 0 aromatic carbocycles. The Hall–Kier alpha value is -0.630. The third kappa shape index (κ3) is 2.88. The summed E-state index contributed by atoms with van der Waals surface area (Å²) in [5.74, 6) is 2.79. The average Bonchev–Trinajstić information content (AvgIpc) is 2.90. The van der Waals surface area contributed by atoms with Crippen LogP contribution < -0.4 is 0 Å². The van der Waals surface area contributed by atoms with Gasteiger partial charge in [0.1, 0.15) is 5.78 Å². The lowest BCUT2D eigenvalue weighted by molar-refractivity contribution is -0.131. The van der Waals surface area contributed by atoms with Gasteiger partial charge < -0.3 is 0 Å². The highest BCUT2D eigenvalue weighted by Crippen LogP contribution is 2.64. The average molecular weight is 372 g/mol. The summed E-state index contributed by atoms with van der Waals surface area (Å²) < 4.78 is 0. The number of nitrogens with zero attached hydrogens (tertiary/aromatic N) is 1. The van der Waals surface area contributed by atoms with Crippen LogP contribution in [0.1, 0.15) is 92.9 Å². The van der Waals surface area contributed by atoms with Crippen molar-refractivity contribution >= 4 is 5.78 Å². The molecule has 4 aliphatic rings. The molecule has 0 aromatic heterocycles. The molecule has 0 N–H and O–H groups in total. The van der Waals surface area contributed by atoms with E-state index in [9.17, 15) is 4.79 Å². The Balaban J connectivity index is 1.59. The number of hydrogen-bond acceptors (Lipinski definition) is 2. The summed E-state index contributed by atoms with van der Waals surface area (Å²) in [6, 6.07) is 1.95. The van der Waals surface area contributed by atoms with E-state index in [1.807, 2.05) is 0 Å². The fourth-order valence-electron chi connectivity index (χ4n) is 8.11. The minimum Gasteiger partial charge on any atom is -0.299 e. The van der Waals surface area contributed by atoms with Crippen LogP contribution in [0.15, 0.2) is 11.6 Å². The Morgan fingerprint density at radius 1 is 0.963 bits per heavy atom. The van der Waals surface area contributed by atoms with Crippen LogP contribution in [0.25, 0.3) is 0 Å². The van der Waals surface area contributed by atoms with Crippen molar-refractivity contribution in [2.45, 2.75) is 111 Å². The summed E-state index contributed by atoms with van der Waals surface area (Å²) in [5.41, 5.74) is 2.16. The van der Waals surface area contributed by atoms with E-state index in [0.29, 0.717) is 35.2 Å². The van der Waals surface area contributed by atoms with Crippen LogP contribution in [0.4, 0.5) is 0 Å². The van der Waals surface area contributed by atoms with E-state index in [1.165, 1.54) is 32.1 Å². The van der Waals surface area contributed by atoms with Crippen molar-refractivity contribution in [3.8, 4) is 0 Å². The molecule has 0 spiro atoms. The number of fused-ring (bicyclic) bond motifs is 5. The summed E-state index contributed by atoms with van der Waals surface area (Å²) in [5, 5.41) is 0. The molecule has 0 unspecified atom stereocenters. The normalized spacial score (nSPS) is 44.3. The van der Waals surface area contributed by atoms with Crippen molar-refractivity contribution in [2.24, 2.45) is 28.6 Å². The molecule has 0 bridgehead atoms. The third-order valence-corrected chi connectivity index (χ3v) is 9.40. The van der Waals surface area contributed by atoms with Gasteiger partial charge in [-0.25, -0.2) is 0 Å².